The van der Waals surface area contributed by atoms with Crippen molar-refractivity contribution in [1.29, 1.82) is 0 Å². The van der Waals surface area contributed by atoms with Crippen LogP contribution in [0.5, 0.6) is 0 Å². The molecule has 0 bridgehead atoms. The molecule has 0 aromatic rings. The van der Waals surface area contributed by atoms with Gasteiger partial charge in [0.1, 0.15) is 4.93 Å². The maximum atomic E-state index is 9.45. The van der Waals surface area contributed by atoms with Crippen LogP contribution in [-0.2, 0) is 0 Å². The summed E-state index contributed by atoms with van der Waals surface area (Å²) in [6.45, 7) is 0. The summed E-state index contributed by atoms with van der Waals surface area (Å²) in [6, 6.07) is 0. The predicted octanol–water partition coefficient (Wildman–Crippen LogP) is 1.70. The zero-order chi connectivity index (χ0) is 7.61. The molecule has 1 aliphatic rings. The first-order valence-corrected chi connectivity index (χ1v) is 7.29. The Balaban J connectivity index is 2.24. The van der Waals surface area contributed by atoms with Gasteiger partial charge in [-0.05, 0) is 43.3 Å². The summed E-state index contributed by atoms with van der Waals surface area (Å²) < 4.78 is 0. The molecular weight excluding hydrogens is 208 g/mol. The summed E-state index contributed by atoms with van der Waals surface area (Å²) in [6.07, 6.45) is 0.840. The number of hydrogen-bond acceptors (Lipinski definition) is 6. The highest BCUT2D eigenvalue weighted by Crippen LogP contribution is 2.52. The van der Waals surface area contributed by atoms with Crippen molar-refractivity contribution in [2.24, 2.45) is 0 Å². The molecule has 1 aliphatic carbocycles. The van der Waals surface area contributed by atoms with Gasteiger partial charge < -0.3 is 10.2 Å². The summed E-state index contributed by atoms with van der Waals surface area (Å²) >= 11 is 3.89. The second-order valence-corrected chi connectivity index (χ2v) is 7.21. The minimum absolute atomic E-state index is 0.550. The van der Waals surface area contributed by atoms with E-state index >= 15 is 0 Å². The molecule has 1 rings (SSSR count). The Labute approximate surface area is 76.1 Å². The van der Waals surface area contributed by atoms with Crippen molar-refractivity contribution in [3.63, 3.8) is 0 Å². The second kappa shape index (κ2) is 3.82. The fraction of sp³-hybridized carbons (Fsp3) is 1.00. The number of rotatable bonds is 3. The van der Waals surface area contributed by atoms with Gasteiger partial charge in [-0.25, -0.2) is 0 Å². The van der Waals surface area contributed by atoms with Crippen LogP contribution in [0.1, 0.15) is 12.8 Å². The SMILES string of the molecule is OC1CCC1(O)SSSS. The van der Waals surface area contributed by atoms with E-state index in [4.69, 9.17) is 5.11 Å². The van der Waals surface area contributed by atoms with Gasteiger partial charge in [-0.1, -0.05) is 11.7 Å². The molecule has 6 heteroatoms. The van der Waals surface area contributed by atoms with Crippen LogP contribution in [0.25, 0.3) is 0 Å². The zero-order valence-corrected chi connectivity index (χ0v) is 8.40. The first-order valence-electron chi connectivity index (χ1n) is 2.75. The van der Waals surface area contributed by atoms with Gasteiger partial charge in [0.15, 0.2) is 0 Å². The molecule has 1 fully saturated rings. The molecule has 10 heavy (non-hydrogen) atoms. The molecule has 0 aromatic carbocycles. The standard InChI is InChI=1S/C4H8O2S4/c5-3-1-2-4(3,6)8-10-9-7/h3,5-7H,1-2H2. The Morgan fingerprint density at radius 2 is 2.30 bits per heavy atom. The van der Waals surface area contributed by atoms with E-state index in [-0.39, 0.29) is 0 Å². The van der Waals surface area contributed by atoms with Crippen LogP contribution < -0.4 is 0 Å². The van der Waals surface area contributed by atoms with Gasteiger partial charge in [0, 0.05) is 0 Å². The summed E-state index contributed by atoms with van der Waals surface area (Å²) in [5.74, 6) is 0. The predicted molar refractivity (Wildman–Crippen MR) is 51.9 cm³/mol. The van der Waals surface area contributed by atoms with E-state index in [1.807, 2.05) is 0 Å². The van der Waals surface area contributed by atoms with Gasteiger partial charge in [-0.2, -0.15) is 0 Å². The topological polar surface area (TPSA) is 40.5 Å². The molecule has 2 atom stereocenters. The highest BCUT2D eigenvalue weighted by Gasteiger charge is 2.45. The molecule has 2 N–H and O–H groups in total. The van der Waals surface area contributed by atoms with E-state index in [0.29, 0.717) is 12.8 Å². The smallest absolute Gasteiger partial charge is 0.146 e. The Kier molecular flexibility index (Phi) is 3.59. The molecule has 0 heterocycles. The van der Waals surface area contributed by atoms with Crippen LogP contribution in [0.4, 0.5) is 0 Å². The Morgan fingerprint density at radius 1 is 1.60 bits per heavy atom. The Morgan fingerprint density at radius 3 is 2.60 bits per heavy atom. The van der Waals surface area contributed by atoms with E-state index < -0.39 is 11.0 Å². The number of aliphatic hydroxyl groups excluding tert-OH is 1. The first-order chi connectivity index (χ1) is 4.69. The summed E-state index contributed by atoms with van der Waals surface area (Å²) in [5.41, 5.74) is 0. The maximum absolute atomic E-state index is 9.45. The average Bonchev–Trinajstić information content (AvgIpc) is 1.97. The molecule has 0 spiro atoms. The van der Waals surface area contributed by atoms with Crippen LogP contribution in [0.2, 0.25) is 0 Å². The lowest BCUT2D eigenvalue weighted by Gasteiger charge is -2.40. The number of aliphatic hydroxyl groups is 2. The van der Waals surface area contributed by atoms with Crippen molar-refractivity contribution in [2.45, 2.75) is 23.9 Å². The first kappa shape index (κ1) is 9.41. The molecule has 0 saturated heterocycles. The summed E-state index contributed by atoms with van der Waals surface area (Å²) in [4.78, 5) is -0.902. The van der Waals surface area contributed by atoms with E-state index in [2.05, 4.69) is 11.7 Å². The van der Waals surface area contributed by atoms with Crippen LogP contribution >= 0.6 is 42.1 Å². The maximum Gasteiger partial charge on any atom is 0.146 e. The molecule has 0 amide bonds. The van der Waals surface area contributed by atoms with Gasteiger partial charge in [0.2, 0.25) is 0 Å². The average molecular weight is 216 g/mol. The zero-order valence-electron chi connectivity index (χ0n) is 5.06. The van der Waals surface area contributed by atoms with Gasteiger partial charge >= 0.3 is 0 Å². The van der Waals surface area contributed by atoms with E-state index in [1.54, 1.807) is 0 Å². The van der Waals surface area contributed by atoms with Crippen LogP contribution in [0.15, 0.2) is 0 Å². The fourth-order valence-corrected chi connectivity index (χ4v) is 4.45. The largest absolute Gasteiger partial charge is 0.389 e. The highest BCUT2D eigenvalue weighted by molar-refractivity contribution is 9.24. The fourth-order valence-electron chi connectivity index (χ4n) is 0.692. The van der Waals surface area contributed by atoms with Gasteiger partial charge in [0.05, 0.1) is 6.10 Å². The van der Waals surface area contributed by atoms with Crippen molar-refractivity contribution in [3.05, 3.63) is 0 Å². The van der Waals surface area contributed by atoms with Crippen LogP contribution in [0.3, 0.4) is 0 Å². The quantitative estimate of drug-likeness (QED) is 0.381. The van der Waals surface area contributed by atoms with E-state index in [0.717, 1.165) is 0 Å². The normalized spacial score (nSPS) is 39.3. The third-order valence-corrected chi connectivity index (χ3v) is 6.45. The van der Waals surface area contributed by atoms with Crippen LogP contribution in [0, 0.1) is 0 Å². The van der Waals surface area contributed by atoms with Crippen molar-refractivity contribution < 1.29 is 10.2 Å². The molecule has 1 saturated carbocycles. The van der Waals surface area contributed by atoms with Gasteiger partial charge in [0.25, 0.3) is 0 Å². The van der Waals surface area contributed by atoms with Crippen molar-refractivity contribution in [1.82, 2.24) is 0 Å². The van der Waals surface area contributed by atoms with Crippen molar-refractivity contribution >= 4 is 42.1 Å². The molecular formula is C4H8O2S4. The second-order valence-electron chi connectivity index (χ2n) is 2.13. The van der Waals surface area contributed by atoms with Crippen molar-refractivity contribution in [2.75, 3.05) is 0 Å². The van der Waals surface area contributed by atoms with E-state index in [9.17, 15) is 5.11 Å². The highest BCUT2D eigenvalue weighted by atomic mass is 33.7. The summed E-state index contributed by atoms with van der Waals surface area (Å²) in [7, 11) is 3.95. The molecule has 60 valence electrons. The lowest BCUT2D eigenvalue weighted by atomic mass is 9.91. The molecule has 0 aliphatic heterocycles. The Hall–Kier alpha value is 1.32. The molecule has 2 nitrogen and oxygen atoms in total. The molecule has 0 radical (unpaired) electrons. The minimum Gasteiger partial charge on any atom is -0.389 e. The van der Waals surface area contributed by atoms with Gasteiger partial charge in [-0.15, -0.1) is 0 Å². The third kappa shape index (κ3) is 1.92. The third-order valence-electron chi connectivity index (χ3n) is 1.51. The van der Waals surface area contributed by atoms with Gasteiger partial charge in [-0.3, -0.25) is 0 Å². The molecule has 2 unspecified atom stereocenters. The lowest BCUT2D eigenvalue weighted by Crippen LogP contribution is -2.47. The minimum atomic E-state index is -0.902. The van der Waals surface area contributed by atoms with Crippen LogP contribution in [-0.4, -0.2) is 21.3 Å². The number of hydrogen-bond donors (Lipinski definition) is 3. The molecule has 0 aromatic heterocycles. The number of thiol groups is 1. The monoisotopic (exact) mass is 216 g/mol. The van der Waals surface area contributed by atoms with E-state index in [1.165, 1.54) is 30.4 Å². The van der Waals surface area contributed by atoms with Crippen molar-refractivity contribution in [3.8, 4) is 0 Å². The summed E-state index contributed by atoms with van der Waals surface area (Å²) in [5, 5.41) is 18.5. The lowest BCUT2D eigenvalue weighted by molar-refractivity contribution is -0.0773. The Bertz CT molecular complexity index is 122.